The summed E-state index contributed by atoms with van der Waals surface area (Å²) >= 11 is 6.28. The highest BCUT2D eigenvalue weighted by atomic mass is 35.5. The molecular weight excluding hydrogens is 273 g/mol. The van der Waals surface area contributed by atoms with E-state index in [9.17, 15) is 0 Å². The largest absolute Gasteiger partial charge is 0.493 e. The van der Waals surface area contributed by atoms with Crippen molar-refractivity contribution in [2.45, 2.75) is 32.2 Å². The Bertz CT molecular complexity index is 372. The van der Waals surface area contributed by atoms with Gasteiger partial charge in [0.15, 0.2) is 11.5 Å². The maximum atomic E-state index is 6.28. The second-order valence-corrected chi connectivity index (χ2v) is 4.33. The van der Waals surface area contributed by atoms with Gasteiger partial charge < -0.3 is 15.2 Å². The van der Waals surface area contributed by atoms with Gasteiger partial charge in [-0.1, -0.05) is 37.4 Å². The van der Waals surface area contributed by atoms with Crippen LogP contribution in [0.25, 0.3) is 0 Å². The molecule has 0 bridgehead atoms. The molecule has 1 aromatic rings. The van der Waals surface area contributed by atoms with E-state index in [1.54, 1.807) is 14.2 Å². The molecule has 0 radical (unpaired) electrons. The van der Waals surface area contributed by atoms with Gasteiger partial charge in [-0.2, -0.15) is 0 Å². The Morgan fingerprint density at radius 1 is 1.28 bits per heavy atom. The Morgan fingerprint density at radius 2 is 1.94 bits per heavy atom. The van der Waals surface area contributed by atoms with Gasteiger partial charge in [-0.15, -0.1) is 12.4 Å². The van der Waals surface area contributed by atoms with E-state index in [4.69, 9.17) is 26.8 Å². The molecule has 0 saturated carbocycles. The number of ether oxygens (including phenoxy) is 2. The van der Waals surface area contributed by atoms with Crippen molar-refractivity contribution in [1.29, 1.82) is 0 Å². The quantitative estimate of drug-likeness (QED) is 0.863. The highest BCUT2D eigenvalue weighted by Gasteiger charge is 2.17. The highest BCUT2D eigenvalue weighted by Crippen LogP contribution is 2.39. The number of rotatable bonds is 6. The standard InChI is InChI=1S/C13H20ClNO2.ClH/c1-4-5-6-10(15)9-7-8-11(16-2)13(17-3)12(9)14;/h7-8,10H,4-6,15H2,1-3H3;1H/t10-;/m0./s1. The van der Waals surface area contributed by atoms with Crippen molar-refractivity contribution in [2.24, 2.45) is 5.73 Å². The van der Waals surface area contributed by atoms with Crippen LogP contribution in [0.1, 0.15) is 37.8 Å². The molecule has 0 aliphatic rings. The molecule has 1 aromatic carbocycles. The topological polar surface area (TPSA) is 44.5 Å². The molecule has 0 aliphatic carbocycles. The van der Waals surface area contributed by atoms with E-state index in [0.29, 0.717) is 16.5 Å². The first-order chi connectivity index (χ1) is 8.15. The van der Waals surface area contributed by atoms with Crippen LogP contribution in [0.2, 0.25) is 5.02 Å². The summed E-state index contributed by atoms with van der Waals surface area (Å²) in [6.45, 7) is 2.14. The number of nitrogens with two attached hydrogens (primary N) is 1. The number of hydrogen-bond donors (Lipinski definition) is 1. The highest BCUT2D eigenvalue weighted by molar-refractivity contribution is 6.33. The van der Waals surface area contributed by atoms with Crippen LogP contribution in [0.3, 0.4) is 0 Å². The average molecular weight is 294 g/mol. The fourth-order valence-electron chi connectivity index (χ4n) is 1.77. The zero-order valence-corrected chi connectivity index (χ0v) is 12.6. The van der Waals surface area contributed by atoms with Crippen molar-refractivity contribution in [3.63, 3.8) is 0 Å². The Balaban J connectivity index is 0.00000289. The monoisotopic (exact) mass is 293 g/mol. The smallest absolute Gasteiger partial charge is 0.179 e. The minimum atomic E-state index is -0.0535. The van der Waals surface area contributed by atoms with Gasteiger partial charge in [0.05, 0.1) is 19.2 Å². The van der Waals surface area contributed by atoms with E-state index in [1.165, 1.54) is 0 Å². The van der Waals surface area contributed by atoms with Gasteiger partial charge in [0.25, 0.3) is 0 Å². The Hall–Kier alpha value is -0.640. The van der Waals surface area contributed by atoms with Gasteiger partial charge in [0.1, 0.15) is 0 Å². The van der Waals surface area contributed by atoms with Crippen molar-refractivity contribution in [1.82, 2.24) is 0 Å². The normalized spacial score (nSPS) is 11.6. The number of unbranched alkanes of at least 4 members (excludes halogenated alkanes) is 1. The SMILES string of the molecule is CCCC[C@H](N)c1ccc(OC)c(OC)c1Cl.Cl. The van der Waals surface area contributed by atoms with Crippen molar-refractivity contribution in [3.8, 4) is 11.5 Å². The molecule has 0 unspecified atom stereocenters. The lowest BCUT2D eigenvalue weighted by molar-refractivity contribution is 0.354. The lowest BCUT2D eigenvalue weighted by atomic mass is 10.0. The zero-order chi connectivity index (χ0) is 12.8. The van der Waals surface area contributed by atoms with Crippen LogP contribution >= 0.6 is 24.0 Å². The van der Waals surface area contributed by atoms with Crippen molar-refractivity contribution < 1.29 is 9.47 Å². The number of methoxy groups -OCH3 is 2. The lowest BCUT2D eigenvalue weighted by Crippen LogP contribution is -2.11. The molecule has 0 heterocycles. The second-order valence-electron chi connectivity index (χ2n) is 3.95. The number of benzene rings is 1. The first kappa shape index (κ1) is 17.4. The van der Waals surface area contributed by atoms with Gasteiger partial charge in [0.2, 0.25) is 0 Å². The third kappa shape index (κ3) is 3.94. The zero-order valence-electron chi connectivity index (χ0n) is 11.0. The Labute approximate surface area is 120 Å². The molecular formula is C13H21Cl2NO2. The summed E-state index contributed by atoms with van der Waals surface area (Å²) in [5, 5.41) is 0.551. The number of halogens is 2. The third-order valence-electron chi connectivity index (χ3n) is 2.78. The molecule has 104 valence electrons. The molecule has 5 heteroatoms. The fraction of sp³-hybridized carbons (Fsp3) is 0.538. The van der Waals surface area contributed by atoms with Gasteiger partial charge in [-0.25, -0.2) is 0 Å². The van der Waals surface area contributed by atoms with E-state index in [1.807, 2.05) is 12.1 Å². The van der Waals surface area contributed by atoms with E-state index in [0.717, 1.165) is 24.8 Å². The Morgan fingerprint density at radius 3 is 2.44 bits per heavy atom. The minimum absolute atomic E-state index is 0. The molecule has 0 amide bonds. The minimum Gasteiger partial charge on any atom is -0.493 e. The van der Waals surface area contributed by atoms with Crippen LogP contribution in [0.15, 0.2) is 12.1 Å². The predicted molar refractivity (Wildman–Crippen MR) is 78.3 cm³/mol. The molecule has 1 atom stereocenters. The second kappa shape index (κ2) is 8.46. The summed E-state index contributed by atoms with van der Waals surface area (Å²) in [6.07, 6.45) is 3.14. The molecule has 2 N–H and O–H groups in total. The van der Waals surface area contributed by atoms with E-state index in [-0.39, 0.29) is 18.4 Å². The van der Waals surface area contributed by atoms with E-state index >= 15 is 0 Å². The molecule has 0 saturated heterocycles. The summed E-state index contributed by atoms with van der Waals surface area (Å²) in [5.41, 5.74) is 7.03. The summed E-state index contributed by atoms with van der Waals surface area (Å²) in [4.78, 5) is 0. The molecule has 18 heavy (non-hydrogen) atoms. The molecule has 0 fully saturated rings. The summed E-state index contributed by atoms with van der Waals surface area (Å²) in [5.74, 6) is 1.18. The maximum absolute atomic E-state index is 6.28. The predicted octanol–water partition coefficient (Wildman–Crippen LogP) is 3.97. The van der Waals surface area contributed by atoms with Crippen LogP contribution < -0.4 is 15.2 Å². The van der Waals surface area contributed by atoms with E-state index in [2.05, 4.69) is 6.92 Å². The molecule has 0 spiro atoms. The van der Waals surface area contributed by atoms with Gasteiger partial charge in [0, 0.05) is 6.04 Å². The van der Waals surface area contributed by atoms with Gasteiger partial charge in [-0.3, -0.25) is 0 Å². The molecule has 3 nitrogen and oxygen atoms in total. The van der Waals surface area contributed by atoms with Crippen molar-refractivity contribution >= 4 is 24.0 Å². The molecule has 1 rings (SSSR count). The maximum Gasteiger partial charge on any atom is 0.179 e. The van der Waals surface area contributed by atoms with Crippen molar-refractivity contribution in [3.05, 3.63) is 22.7 Å². The summed E-state index contributed by atoms with van der Waals surface area (Å²) in [7, 11) is 3.16. The number of hydrogen-bond acceptors (Lipinski definition) is 3. The molecule has 0 aromatic heterocycles. The van der Waals surface area contributed by atoms with Crippen LogP contribution in [0.5, 0.6) is 11.5 Å². The Kier molecular flexibility index (Phi) is 8.16. The van der Waals surface area contributed by atoms with Gasteiger partial charge >= 0.3 is 0 Å². The fourth-order valence-corrected chi connectivity index (χ4v) is 2.14. The van der Waals surface area contributed by atoms with Crippen molar-refractivity contribution in [2.75, 3.05) is 14.2 Å². The third-order valence-corrected chi connectivity index (χ3v) is 3.17. The van der Waals surface area contributed by atoms with E-state index < -0.39 is 0 Å². The summed E-state index contributed by atoms with van der Waals surface area (Å²) < 4.78 is 10.4. The molecule has 0 aliphatic heterocycles. The lowest BCUT2D eigenvalue weighted by Gasteiger charge is -2.17. The van der Waals surface area contributed by atoms with Gasteiger partial charge in [-0.05, 0) is 18.1 Å². The van der Waals surface area contributed by atoms with Crippen LogP contribution in [-0.4, -0.2) is 14.2 Å². The first-order valence-electron chi connectivity index (χ1n) is 5.81. The first-order valence-corrected chi connectivity index (χ1v) is 6.19. The van der Waals surface area contributed by atoms with Crippen LogP contribution in [0, 0.1) is 0 Å². The van der Waals surface area contributed by atoms with Crippen LogP contribution in [-0.2, 0) is 0 Å². The van der Waals surface area contributed by atoms with Crippen LogP contribution in [0.4, 0.5) is 0 Å². The summed E-state index contributed by atoms with van der Waals surface area (Å²) in [6, 6.07) is 3.69. The average Bonchev–Trinajstić information content (AvgIpc) is 2.35.